The van der Waals surface area contributed by atoms with Gasteiger partial charge in [-0.05, 0) is 48.4 Å². The van der Waals surface area contributed by atoms with Crippen molar-refractivity contribution in [2.75, 3.05) is 13.1 Å². The highest BCUT2D eigenvalue weighted by atomic mass is 35.5. The van der Waals surface area contributed by atoms with Crippen LogP contribution < -0.4 is 5.32 Å². The van der Waals surface area contributed by atoms with Crippen LogP contribution in [0.15, 0.2) is 30.3 Å². The fraction of sp³-hybridized carbons (Fsp3) is 0.250. The summed E-state index contributed by atoms with van der Waals surface area (Å²) in [4.78, 5) is 0. The van der Waals surface area contributed by atoms with Gasteiger partial charge in [0.2, 0.25) is 0 Å². The van der Waals surface area contributed by atoms with E-state index in [9.17, 15) is 0 Å². The molecule has 100 valence electrons. The Morgan fingerprint density at radius 2 is 1.95 bits per heavy atom. The van der Waals surface area contributed by atoms with Gasteiger partial charge in [0.05, 0.1) is 5.92 Å². The standard InChI is InChI=1S/C12H12ClN.C4H2N2/c1-2-9-8-14-6-5-10-7-11(13)3-4-12(9)10;1-2-4-3(1)5-6-4/h1,3-4,7,9,14H,5-6,8H2;1-2H. The highest BCUT2D eigenvalue weighted by Crippen LogP contribution is 2.25. The van der Waals surface area contributed by atoms with E-state index in [-0.39, 0.29) is 5.92 Å². The van der Waals surface area contributed by atoms with Crippen molar-refractivity contribution >= 4 is 11.6 Å². The summed E-state index contributed by atoms with van der Waals surface area (Å²) in [6.07, 6.45) is 6.51. The fourth-order valence-corrected chi connectivity index (χ4v) is 2.52. The summed E-state index contributed by atoms with van der Waals surface area (Å²) in [7, 11) is 0. The van der Waals surface area contributed by atoms with E-state index in [1.54, 1.807) is 0 Å². The molecule has 1 N–H and O–H groups in total. The quantitative estimate of drug-likeness (QED) is 0.645. The van der Waals surface area contributed by atoms with Gasteiger partial charge >= 0.3 is 0 Å². The van der Waals surface area contributed by atoms with Gasteiger partial charge in [-0.25, -0.2) is 0 Å². The molecular formula is C16H14ClN3. The van der Waals surface area contributed by atoms with Crippen molar-refractivity contribution in [1.82, 2.24) is 15.5 Å². The summed E-state index contributed by atoms with van der Waals surface area (Å²) >= 11 is 5.95. The predicted molar refractivity (Wildman–Crippen MR) is 80.6 cm³/mol. The first kappa shape index (κ1) is 13.1. The first-order valence-electron chi connectivity index (χ1n) is 6.57. The van der Waals surface area contributed by atoms with Gasteiger partial charge in [-0.1, -0.05) is 23.6 Å². The van der Waals surface area contributed by atoms with Gasteiger partial charge in [0.15, 0.2) is 0 Å². The summed E-state index contributed by atoms with van der Waals surface area (Å²) in [5.74, 6) is 3.00. The highest BCUT2D eigenvalue weighted by molar-refractivity contribution is 6.30. The minimum Gasteiger partial charge on any atom is -0.315 e. The lowest BCUT2D eigenvalue weighted by Crippen LogP contribution is -2.19. The molecule has 3 nitrogen and oxygen atoms in total. The molecule has 0 radical (unpaired) electrons. The molecule has 1 aliphatic carbocycles. The molecular weight excluding hydrogens is 270 g/mol. The second-order valence-corrected chi connectivity index (χ2v) is 5.26. The molecule has 0 amide bonds. The van der Waals surface area contributed by atoms with Crippen LogP contribution in [0.4, 0.5) is 0 Å². The Hall–Kier alpha value is -1.89. The largest absolute Gasteiger partial charge is 0.315 e. The summed E-state index contributed by atoms with van der Waals surface area (Å²) in [6, 6.07) is 9.88. The van der Waals surface area contributed by atoms with E-state index < -0.39 is 0 Å². The number of hydrogen-bond donors (Lipinski definition) is 1. The maximum absolute atomic E-state index is 5.95. The Labute approximate surface area is 123 Å². The zero-order valence-electron chi connectivity index (χ0n) is 10.9. The molecule has 1 atom stereocenters. The maximum atomic E-state index is 5.95. The van der Waals surface area contributed by atoms with E-state index in [1.807, 2.05) is 24.3 Å². The molecule has 20 heavy (non-hydrogen) atoms. The van der Waals surface area contributed by atoms with E-state index in [0.717, 1.165) is 35.9 Å². The van der Waals surface area contributed by atoms with Crippen molar-refractivity contribution in [3.8, 4) is 23.7 Å². The van der Waals surface area contributed by atoms with Crippen molar-refractivity contribution in [2.45, 2.75) is 12.3 Å². The van der Waals surface area contributed by atoms with Crippen LogP contribution in [0, 0.1) is 12.3 Å². The number of nitrogens with zero attached hydrogens (tertiary/aromatic N) is 2. The third kappa shape index (κ3) is 2.53. The molecule has 1 unspecified atom stereocenters. The fourth-order valence-electron chi connectivity index (χ4n) is 2.32. The minimum absolute atomic E-state index is 0.185. The third-order valence-corrected chi connectivity index (χ3v) is 3.76. The van der Waals surface area contributed by atoms with Gasteiger partial charge in [-0.2, -0.15) is 0 Å². The number of halogens is 1. The Morgan fingerprint density at radius 3 is 2.50 bits per heavy atom. The van der Waals surface area contributed by atoms with Crippen molar-refractivity contribution < 1.29 is 0 Å². The number of rotatable bonds is 0. The maximum Gasteiger partial charge on any atom is 0.113 e. The lowest BCUT2D eigenvalue weighted by molar-refractivity contribution is 0.684. The summed E-state index contributed by atoms with van der Waals surface area (Å²) in [5.41, 5.74) is 4.66. The van der Waals surface area contributed by atoms with Gasteiger partial charge in [-0.15, -0.1) is 16.6 Å². The first-order chi connectivity index (χ1) is 9.78. The van der Waals surface area contributed by atoms with Crippen LogP contribution in [-0.4, -0.2) is 23.3 Å². The predicted octanol–water partition coefficient (Wildman–Crippen LogP) is 2.66. The molecule has 0 spiro atoms. The number of aromatic nitrogens is 2. The SMILES string of the molecule is C#CC1CNCCc2cc(Cl)ccc21.c1cc2nnc1-2. The third-order valence-electron chi connectivity index (χ3n) is 3.53. The minimum atomic E-state index is 0.185. The van der Waals surface area contributed by atoms with E-state index in [1.165, 1.54) is 11.1 Å². The number of benzene rings is 1. The van der Waals surface area contributed by atoms with E-state index in [0.29, 0.717) is 0 Å². The van der Waals surface area contributed by atoms with Gasteiger partial charge in [-0.3, -0.25) is 0 Å². The normalized spacial score (nSPS) is 17.9. The van der Waals surface area contributed by atoms with Crippen LogP contribution in [-0.2, 0) is 6.42 Å². The van der Waals surface area contributed by atoms with Crippen molar-refractivity contribution in [1.29, 1.82) is 0 Å². The molecule has 0 saturated heterocycles. The lowest BCUT2D eigenvalue weighted by atomic mass is 9.95. The lowest BCUT2D eigenvalue weighted by Gasteiger charge is -2.11. The van der Waals surface area contributed by atoms with Crippen LogP contribution in [0.3, 0.4) is 0 Å². The Bertz CT molecular complexity index is 637. The number of nitrogens with one attached hydrogen (secondary N) is 1. The zero-order valence-corrected chi connectivity index (χ0v) is 11.7. The second kappa shape index (κ2) is 5.62. The molecule has 1 aromatic rings. The smallest absolute Gasteiger partial charge is 0.113 e. The molecule has 3 aliphatic rings. The topological polar surface area (TPSA) is 37.8 Å². The van der Waals surface area contributed by atoms with E-state index in [2.05, 4.69) is 27.5 Å². The molecule has 0 saturated carbocycles. The average molecular weight is 284 g/mol. The molecule has 2 heterocycles. The Kier molecular flexibility index (Phi) is 3.68. The first-order valence-corrected chi connectivity index (χ1v) is 6.95. The van der Waals surface area contributed by atoms with Crippen molar-refractivity contribution in [2.24, 2.45) is 0 Å². The van der Waals surface area contributed by atoms with Crippen LogP contribution in [0.1, 0.15) is 17.0 Å². The zero-order chi connectivity index (χ0) is 13.9. The van der Waals surface area contributed by atoms with E-state index >= 15 is 0 Å². The number of fused-ring (bicyclic) bond motifs is 2. The van der Waals surface area contributed by atoms with Crippen LogP contribution in [0.25, 0.3) is 11.4 Å². The molecule has 4 heteroatoms. The van der Waals surface area contributed by atoms with Gasteiger partial charge < -0.3 is 5.32 Å². The number of hydrogen-bond acceptors (Lipinski definition) is 3. The number of terminal acetylenes is 1. The molecule has 1 aromatic carbocycles. The monoisotopic (exact) mass is 283 g/mol. The van der Waals surface area contributed by atoms with Crippen LogP contribution >= 0.6 is 11.6 Å². The summed E-state index contributed by atoms with van der Waals surface area (Å²) in [6.45, 7) is 1.84. The summed E-state index contributed by atoms with van der Waals surface area (Å²) in [5, 5.41) is 11.4. The van der Waals surface area contributed by atoms with Crippen LogP contribution in [0.2, 0.25) is 5.02 Å². The van der Waals surface area contributed by atoms with Crippen molar-refractivity contribution in [3.63, 3.8) is 0 Å². The molecule has 0 aromatic heterocycles. The van der Waals surface area contributed by atoms with Crippen LogP contribution in [0.5, 0.6) is 0 Å². The Balaban J connectivity index is 0.000000165. The highest BCUT2D eigenvalue weighted by Gasteiger charge is 2.16. The van der Waals surface area contributed by atoms with E-state index in [4.69, 9.17) is 18.0 Å². The summed E-state index contributed by atoms with van der Waals surface area (Å²) < 4.78 is 0. The average Bonchev–Trinajstić information content (AvgIpc) is 2.64. The van der Waals surface area contributed by atoms with Gasteiger partial charge in [0.1, 0.15) is 11.4 Å². The molecule has 0 bridgehead atoms. The Morgan fingerprint density at radius 1 is 1.20 bits per heavy atom. The molecule has 2 aliphatic heterocycles. The molecule has 0 fully saturated rings. The van der Waals surface area contributed by atoms with Gasteiger partial charge in [0, 0.05) is 11.6 Å². The van der Waals surface area contributed by atoms with Crippen molar-refractivity contribution in [3.05, 3.63) is 46.5 Å². The van der Waals surface area contributed by atoms with Gasteiger partial charge in [0.25, 0.3) is 0 Å². The molecule has 4 rings (SSSR count). The second-order valence-electron chi connectivity index (χ2n) is 4.82.